The first-order chi connectivity index (χ1) is 6.48. The van der Waals surface area contributed by atoms with Crippen LogP contribution < -0.4 is 9.88 Å². The van der Waals surface area contributed by atoms with Crippen LogP contribution in [0.15, 0.2) is 11.1 Å². The van der Waals surface area contributed by atoms with E-state index in [-0.39, 0.29) is 4.90 Å². The molecule has 0 saturated heterocycles. The summed E-state index contributed by atoms with van der Waals surface area (Å²) in [5, 5.41) is 9.21. The smallest absolute Gasteiger partial charge is 0.230 e. The van der Waals surface area contributed by atoms with Crippen molar-refractivity contribution < 1.29 is 8.95 Å². The highest BCUT2D eigenvalue weighted by atomic mass is 32.2. The zero-order valence-corrected chi connectivity index (χ0v) is 8.58. The van der Waals surface area contributed by atoms with Gasteiger partial charge in [0.25, 0.3) is 0 Å². The fourth-order valence-electron chi connectivity index (χ4n) is 1.41. The molecule has 14 heavy (non-hydrogen) atoms. The number of nitrogens with one attached hydrogen (secondary N) is 1. The minimum Gasteiger partial charge on any atom is -0.477 e. The molecule has 2 unspecified atom stereocenters. The van der Waals surface area contributed by atoms with Gasteiger partial charge < -0.3 is 4.74 Å². The van der Waals surface area contributed by atoms with E-state index in [4.69, 9.17) is 14.7 Å². The van der Waals surface area contributed by atoms with Gasteiger partial charge in [0.2, 0.25) is 5.88 Å². The lowest BCUT2D eigenvalue weighted by Crippen LogP contribution is -2.24. The maximum atomic E-state index is 11.3. The summed E-state index contributed by atoms with van der Waals surface area (Å²) >= 11 is 0. The second kappa shape index (κ2) is 2.96. The van der Waals surface area contributed by atoms with Gasteiger partial charge in [-0.3, -0.25) is 0 Å². The van der Waals surface area contributed by atoms with Crippen LogP contribution in [-0.4, -0.2) is 20.6 Å². The number of hydrogen-bond acceptors (Lipinski definition) is 4. The average molecular weight is 216 g/mol. The molecule has 2 atom stereocenters. The Hall–Kier alpha value is -1.08. The molecule has 0 radical (unpaired) electrons. The first-order valence-electron chi connectivity index (χ1n) is 4.23. The zero-order valence-electron chi connectivity index (χ0n) is 7.77. The molecule has 0 saturated carbocycles. The van der Waals surface area contributed by atoms with Crippen LogP contribution in [0.5, 0.6) is 5.88 Å². The molecule has 0 aliphatic carbocycles. The van der Waals surface area contributed by atoms with Crippen LogP contribution in [-0.2, 0) is 16.5 Å². The number of hydrogen-bond donors (Lipinski definition) is 2. The Labute approximate surface area is 82.1 Å². The van der Waals surface area contributed by atoms with Crippen molar-refractivity contribution >= 4 is 9.92 Å². The van der Waals surface area contributed by atoms with E-state index in [1.807, 2.05) is 6.92 Å². The molecule has 6 nitrogen and oxygen atoms in total. The van der Waals surface area contributed by atoms with Crippen molar-refractivity contribution in [3.63, 3.8) is 0 Å². The van der Waals surface area contributed by atoms with E-state index >= 15 is 0 Å². The summed E-state index contributed by atoms with van der Waals surface area (Å²) in [6, 6.07) is 0. The molecule has 78 valence electrons. The fraction of sp³-hybridized carbons (Fsp3) is 0.571. The van der Waals surface area contributed by atoms with Crippen LogP contribution in [0.25, 0.3) is 0 Å². The molecule has 7 heteroatoms. The predicted molar refractivity (Wildman–Crippen MR) is 50.2 cm³/mol. The zero-order chi connectivity index (χ0) is 10.3. The van der Waals surface area contributed by atoms with Gasteiger partial charge in [0.05, 0.1) is 19.3 Å². The van der Waals surface area contributed by atoms with E-state index in [9.17, 15) is 4.21 Å². The number of ether oxygens (including phenoxy) is 1. The Morgan fingerprint density at radius 3 is 3.21 bits per heavy atom. The summed E-state index contributed by atoms with van der Waals surface area (Å²) in [5.74, 6) is 0.750. The molecule has 0 spiro atoms. The van der Waals surface area contributed by atoms with Crippen molar-refractivity contribution in [2.24, 2.45) is 11.1 Å². The van der Waals surface area contributed by atoms with E-state index in [0.29, 0.717) is 24.9 Å². The van der Waals surface area contributed by atoms with Gasteiger partial charge in [0.15, 0.2) is 0 Å². The van der Waals surface area contributed by atoms with Gasteiger partial charge in [-0.15, -0.1) is 0 Å². The molecule has 1 aromatic heterocycles. The van der Waals surface area contributed by atoms with E-state index in [2.05, 4.69) is 5.10 Å². The molecule has 3 N–H and O–H groups in total. The third-order valence-electron chi connectivity index (χ3n) is 2.08. The van der Waals surface area contributed by atoms with Crippen LogP contribution in [0.4, 0.5) is 0 Å². The van der Waals surface area contributed by atoms with Crippen molar-refractivity contribution in [3.8, 4) is 5.88 Å². The summed E-state index contributed by atoms with van der Waals surface area (Å²) in [6.07, 6.45) is 1.35. The Morgan fingerprint density at radius 2 is 2.57 bits per heavy atom. The molecule has 1 aliphatic rings. The Kier molecular flexibility index (Phi) is 2.00. The molecule has 0 fully saturated rings. The number of nitrogens with zero attached hydrogens (tertiary/aromatic N) is 2. The largest absolute Gasteiger partial charge is 0.477 e. The lowest BCUT2D eigenvalue weighted by Gasteiger charge is -2.21. The first-order valence-corrected chi connectivity index (χ1v) is 5.86. The van der Waals surface area contributed by atoms with Gasteiger partial charge in [0, 0.05) is 5.92 Å². The molecule has 0 aromatic carbocycles. The van der Waals surface area contributed by atoms with Crippen LogP contribution in [0, 0.1) is 10.7 Å². The summed E-state index contributed by atoms with van der Waals surface area (Å²) in [4.78, 5) is 0.185. The van der Waals surface area contributed by atoms with Gasteiger partial charge in [0.1, 0.15) is 14.8 Å². The first kappa shape index (κ1) is 9.47. The third kappa shape index (κ3) is 1.48. The molecule has 2 rings (SSSR count). The third-order valence-corrected chi connectivity index (χ3v) is 3.01. The molecule has 0 amide bonds. The van der Waals surface area contributed by atoms with E-state index in [1.165, 1.54) is 6.20 Å². The highest BCUT2D eigenvalue weighted by Crippen LogP contribution is 2.27. The van der Waals surface area contributed by atoms with Crippen molar-refractivity contribution in [2.75, 3.05) is 6.61 Å². The summed E-state index contributed by atoms with van der Waals surface area (Å²) in [5.41, 5.74) is 0. The number of fused-ring (bicyclic) bond motifs is 1. The Bertz CT molecular complexity index is 450. The minimum atomic E-state index is -3.23. The van der Waals surface area contributed by atoms with Crippen molar-refractivity contribution in [2.45, 2.75) is 18.4 Å². The van der Waals surface area contributed by atoms with Crippen molar-refractivity contribution in [3.05, 3.63) is 6.20 Å². The lowest BCUT2D eigenvalue weighted by molar-refractivity contribution is 0.170. The number of rotatable bonds is 1. The molecule has 0 bridgehead atoms. The van der Waals surface area contributed by atoms with Crippen molar-refractivity contribution in [1.82, 2.24) is 9.78 Å². The highest BCUT2D eigenvalue weighted by Gasteiger charge is 2.24. The Morgan fingerprint density at radius 1 is 1.86 bits per heavy atom. The standard InChI is InChI=1S/C7H12N4O2S/c1-5-3-11-7(13-4-5)6(2-10-11)14(8,9)12/h2,5H,3-4H2,1H3,(H3,8,9,12). The molecule has 2 heterocycles. The van der Waals surface area contributed by atoms with Gasteiger partial charge in [-0.05, 0) is 0 Å². The monoisotopic (exact) mass is 216 g/mol. The van der Waals surface area contributed by atoms with Gasteiger partial charge >= 0.3 is 0 Å². The highest BCUT2D eigenvalue weighted by molar-refractivity contribution is 7.90. The SMILES string of the molecule is CC1COc2c(S(=N)(N)=O)cnn2C1. The van der Waals surface area contributed by atoms with Crippen LogP contribution in [0.1, 0.15) is 6.92 Å². The predicted octanol–water partition coefficient (Wildman–Crippen LogP) is 0.191. The normalized spacial score (nSPS) is 24.9. The molecular formula is C7H12N4O2S. The lowest BCUT2D eigenvalue weighted by atomic mass is 10.2. The molecule has 1 aromatic rings. The van der Waals surface area contributed by atoms with E-state index < -0.39 is 9.92 Å². The second-order valence-corrected chi connectivity index (χ2v) is 5.15. The molecular weight excluding hydrogens is 204 g/mol. The van der Waals surface area contributed by atoms with E-state index in [0.717, 1.165) is 0 Å². The number of nitrogens with two attached hydrogens (primary N) is 1. The molecule has 1 aliphatic heterocycles. The fourth-order valence-corrected chi connectivity index (χ4v) is 2.04. The maximum absolute atomic E-state index is 11.3. The van der Waals surface area contributed by atoms with Crippen LogP contribution in [0.3, 0.4) is 0 Å². The van der Waals surface area contributed by atoms with Crippen molar-refractivity contribution in [1.29, 1.82) is 4.78 Å². The summed E-state index contributed by atoms with van der Waals surface area (Å²) in [6.45, 7) is 3.30. The average Bonchev–Trinajstić information content (AvgIpc) is 2.45. The Balaban J connectivity index is 2.49. The topological polar surface area (TPSA) is 94.0 Å². The maximum Gasteiger partial charge on any atom is 0.230 e. The second-order valence-electron chi connectivity index (χ2n) is 3.51. The van der Waals surface area contributed by atoms with Crippen LogP contribution >= 0.6 is 0 Å². The van der Waals surface area contributed by atoms with E-state index in [1.54, 1.807) is 4.68 Å². The summed E-state index contributed by atoms with van der Waals surface area (Å²) < 4.78 is 25.5. The quantitative estimate of drug-likeness (QED) is 0.701. The van der Waals surface area contributed by atoms with Gasteiger partial charge in [-0.1, -0.05) is 6.92 Å². The van der Waals surface area contributed by atoms with Gasteiger partial charge in [-0.25, -0.2) is 18.8 Å². The minimum absolute atomic E-state index is 0.185. The summed E-state index contributed by atoms with van der Waals surface area (Å²) in [7, 11) is -3.23. The number of aromatic nitrogens is 2. The van der Waals surface area contributed by atoms with Gasteiger partial charge in [-0.2, -0.15) is 5.10 Å². The van der Waals surface area contributed by atoms with Crippen LogP contribution in [0.2, 0.25) is 0 Å².